The van der Waals surface area contributed by atoms with Gasteiger partial charge in [0.25, 0.3) is 5.56 Å². The summed E-state index contributed by atoms with van der Waals surface area (Å²) < 4.78 is 10.7. The van der Waals surface area contributed by atoms with Gasteiger partial charge in [-0.1, -0.05) is 30.3 Å². The first-order valence-corrected chi connectivity index (χ1v) is 7.47. The number of nitrogens with zero attached hydrogens (tertiary/aromatic N) is 3. The average Bonchev–Trinajstić information content (AvgIpc) is 2.84. The Labute approximate surface area is 144 Å². The second-order valence-corrected chi connectivity index (χ2v) is 5.24. The Morgan fingerprint density at radius 2 is 1.76 bits per heavy atom. The van der Waals surface area contributed by atoms with E-state index in [2.05, 4.69) is 14.6 Å². The molecular weight excluding hydrogens is 326 g/mol. The lowest BCUT2D eigenvalue weighted by Crippen LogP contribution is -2.26. The van der Waals surface area contributed by atoms with E-state index in [1.165, 1.54) is 18.9 Å². The summed E-state index contributed by atoms with van der Waals surface area (Å²) in [5.74, 6) is -1.47. The molecule has 0 saturated carbocycles. The highest BCUT2D eigenvalue weighted by Gasteiger charge is 2.21. The first-order valence-electron chi connectivity index (χ1n) is 7.47. The lowest BCUT2D eigenvalue weighted by atomic mass is 10.1. The maximum atomic E-state index is 12.8. The molecule has 0 aliphatic heterocycles. The van der Waals surface area contributed by atoms with E-state index in [0.717, 1.165) is 10.4 Å². The third kappa shape index (κ3) is 3.68. The fraction of sp³-hybridized carbons (Fsp3) is 0.294. The molecule has 1 aromatic carbocycles. The van der Waals surface area contributed by atoms with Crippen molar-refractivity contribution in [1.82, 2.24) is 9.47 Å². The summed E-state index contributed by atoms with van der Waals surface area (Å²) in [5, 5.41) is 4.03. The van der Waals surface area contributed by atoms with Crippen molar-refractivity contribution in [2.45, 2.75) is 13.3 Å². The van der Waals surface area contributed by atoms with Gasteiger partial charge in [0.2, 0.25) is 0 Å². The number of benzene rings is 1. The number of hydrogen-bond donors (Lipinski definition) is 0. The molecule has 0 N–H and O–H groups in total. The van der Waals surface area contributed by atoms with Crippen LogP contribution in [0.1, 0.15) is 12.1 Å². The number of methoxy groups -OCH3 is 2. The van der Waals surface area contributed by atoms with Crippen LogP contribution in [-0.4, -0.2) is 41.3 Å². The summed E-state index contributed by atoms with van der Waals surface area (Å²) in [6.45, 7) is 1.77. The molecular formula is C17H19N3O5. The number of esters is 2. The fourth-order valence-electron chi connectivity index (χ4n) is 2.33. The van der Waals surface area contributed by atoms with E-state index in [0.29, 0.717) is 11.3 Å². The third-order valence-electron chi connectivity index (χ3n) is 3.77. The molecule has 8 nitrogen and oxygen atoms in total. The van der Waals surface area contributed by atoms with Gasteiger partial charge in [-0.3, -0.25) is 14.3 Å². The molecule has 2 aromatic rings. The molecule has 0 bridgehead atoms. The van der Waals surface area contributed by atoms with Gasteiger partial charge in [-0.05, 0) is 12.5 Å². The normalized spacial score (nSPS) is 11.3. The SMILES string of the molecule is COC(=O)C/C(=N\n1c(=O)c(-c2ccccc2)c(C)n1C)C(=O)OC. The largest absolute Gasteiger partial charge is 0.469 e. The van der Waals surface area contributed by atoms with E-state index in [1.807, 2.05) is 30.3 Å². The highest BCUT2D eigenvalue weighted by Crippen LogP contribution is 2.19. The van der Waals surface area contributed by atoms with Crippen molar-refractivity contribution < 1.29 is 19.1 Å². The Balaban J connectivity index is 2.60. The smallest absolute Gasteiger partial charge is 0.354 e. The monoisotopic (exact) mass is 345 g/mol. The molecule has 1 aromatic heterocycles. The number of carbonyl (C=O) groups is 2. The van der Waals surface area contributed by atoms with E-state index in [-0.39, 0.29) is 5.71 Å². The topological polar surface area (TPSA) is 91.9 Å². The molecule has 1 heterocycles. The van der Waals surface area contributed by atoms with Crippen LogP contribution in [0.25, 0.3) is 11.1 Å². The van der Waals surface area contributed by atoms with Gasteiger partial charge in [0, 0.05) is 12.7 Å². The van der Waals surface area contributed by atoms with Gasteiger partial charge in [-0.25, -0.2) is 4.79 Å². The fourth-order valence-corrected chi connectivity index (χ4v) is 2.33. The molecule has 0 amide bonds. The molecule has 8 heteroatoms. The number of carbonyl (C=O) groups excluding carboxylic acids is 2. The molecule has 0 aliphatic rings. The minimum absolute atomic E-state index is 0.225. The van der Waals surface area contributed by atoms with Crippen LogP contribution in [0.15, 0.2) is 40.2 Å². The molecule has 0 radical (unpaired) electrons. The minimum Gasteiger partial charge on any atom is -0.469 e. The third-order valence-corrected chi connectivity index (χ3v) is 3.77. The Morgan fingerprint density at radius 1 is 1.12 bits per heavy atom. The van der Waals surface area contributed by atoms with Gasteiger partial charge in [0.05, 0.1) is 26.2 Å². The summed E-state index contributed by atoms with van der Waals surface area (Å²) in [5.41, 5.74) is 1.24. The predicted molar refractivity (Wildman–Crippen MR) is 91.3 cm³/mol. The van der Waals surface area contributed by atoms with Crippen molar-refractivity contribution in [3.63, 3.8) is 0 Å². The van der Waals surface area contributed by atoms with Crippen LogP contribution >= 0.6 is 0 Å². The summed E-state index contributed by atoms with van der Waals surface area (Å²) in [4.78, 5) is 37.2. The van der Waals surface area contributed by atoms with Crippen LogP contribution in [0.3, 0.4) is 0 Å². The molecule has 25 heavy (non-hydrogen) atoms. The first kappa shape index (κ1) is 18.2. The number of aromatic nitrogens is 2. The van der Waals surface area contributed by atoms with Crippen molar-refractivity contribution in [3.8, 4) is 11.1 Å². The molecule has 132 valence electrons. The van der Waals surface area contributed by atoms with Gasteiger partial charge < -0.3 is 9.47 Å². The summed E-state index contributed by atoms with van der Waals surface area (Å²) in [6, 6.07) is 9.13. The maximum absolute atomic E-state index is 12.8. The van der Waals surface area contributed by atoms with Gasteiger partial charge in [-0.15, -0.1) is 9.89 Å². The van der Waals surface area contributed by atoms with E-state index < -0.39 is 23.9 Å². The van der Waals surface area contributed by atoms with Crippen molar-refractivity contribution in [2.24, 2.45) is 12.1 Å². The lowest BCUT2D eigenvalue weighted by molar-refractivity contribution is -0.140. The van der Waals surface area contributed by atoms with Crippen molar-refractivity contribution in [3.05, 3.63) is 46.4 Å². The molecule has 0 atom stereocenters. The molecule has 0 unspecified atom stereocenters. The predicted octanol–water partition coefficient (Wildman–Crippen LogP) is 1.10. The lowest BCUT2D eigenvalue weighted by Gasteiger charge is -2.06. The summed E-state index contributed by atoms with van der Waals surface area (Å²) >= 11 is 0. The van der Waals surface area contributed by atoms with Crippen molar-refractivity contribution >= 4 is 17.7 Å². The zero-order valence-corrected chi connectivity index (χ0v) is 14.5. The Bertz CT molecular complexity index is 878. The quantitative estimate of drug-likeness (QED) is 0.598. The summed E-state index contributed by atoms with van der Waals surface area (Å²) in [7, 11) is 4.01. The molecule has 2 rings (SSSR count). The highest BCUT2D eigenvalue weighted by atomic mass is 16.5. The van der Waals surface area contributed by atoms with Gasteiger partial charge in [-0.2, -0.15) is 0 Å². The van der Waals surface area contributed by atoms with Gasteiger partial charge in [0.15, 0.2) is 5.71 Å². The Morgan fingerprint density at radius 3 is 2.32 bits per heavy atom. The molecule has 0 saturated heterocycles. The van der Waals surface area contributed by atoms with Crippen LogP contribution in [0.2, 0.25) is 0 Å². The zero-order chi connectivity index (χ0) is 18.6. The standard InChI is InChI=1S/C17H19N3O5/c1-11-15(12-8-6-5-7-9-12)16(22)20(19(11)2)18-13(17(23)25-4)10-14(21)24-3/h5-9H,10H2,1-4H3/b18-13+. The van der Waals surface area contributed by atoms with Gasteiger partial charge >= 0.3 is 11.9 Å². The average molecular weight is 345 g/mol. The highest BCUT2D eigenvalue weighted by molar-refractivity contribution is 6.39. The van der Waals surface area contributed by atoms with Crippen LogP contribution < -0.4 is 5.56 Å². The minimum atomic E-state index is -0.808. The summed E-state index contributed by atoms with van der Waals surface area (Å²) in [6.07, 6.45) is -0.402. The number of ether oxygens (including phenoxy) is 2. The van der Waals surface area contributed by atoms with E-state index in [1.54, 1.807) is 14.0 Å². The second kappa shape index (κ2) is 7.61. The number of rotatable bonds is 5. The van der Waals surface area contributed by atoms with Gasteiger partial charge in [0.1, 0.15) is 0 Å². The number of hydrogen-bond acceptors (Lipinski definition) is 6. The molecule has 0 aliphatic carbocycles. The van der Waals surface area contributed by atoms with Crippen LogP contribution in [0, 0.1) is 6.92 Å². The van der Waals surface area contributed by atoms with Crippen molar-refractivity contribution in [1.29, 1.82) is 0 Å². The molecule has 0 spiro atoms. The Hall–Kier alpha value is -3.16. The Kier molecular flexibility index (Phi) is 5.53. The van der Waals surface area contributed by atoms with E-state index in [4.69, 9.17) is 0 Å². The second-order valence-electron chi connectivity index (χ2n) is 5.24. The van der Waals surface area contributed by atoms with Crippen LogP contribution in [0.4, 0.5) is 0 Å². The van der Waals surface area contributed by atoms with E-state index >= 15 is 0 Å². The zero-order valence-electron chi connectivity index (χ0n) is 14.5. The maximum Gasteiger partial charge on any atom is 0.354 e. The van der Waals surface area contributed by atoms with Crippen molar-refractivity contribution in [2.75, 3.05) is 14.2 Å². The first-order chi connectivity index (χ1) is 11.9. The molecule has 0 fully saturated rings. The van der Waals surface area contributed by atoms with E-state index in [9.17, 15) is 14.4 Å². The van der Waals surface area contributed by atoms with Crippen LogP contribution in [0.5, 0.6) is 0 Å². The van der Waals surface area contributed by atoms with Crippen LogP contribution in [-0.2, 0) is 26.1 Å².